The zero-order valence-corrected chi connectivity index (χ0v) is 11.3. The van der Waals surface area contributed by atoms with E-state index in [2.05, 4.69) is 24.0 Å². The van der Waals surface area contributed by atoms with Crippen LogP contribution >= 0.6 is 0 Å². The van der Waals surface area contributed by atoms with Gasteiger partial charge in [-0.2, -0.15) is 0 Å². The maximum atomic E-state index is 11.1. The van der Waals surface area contributed by atoms with Gasteiger partial charge in [0.15, 0.2) is 0 Å². The molecule has 0 amide bonds. The second kappa shape index (κ2) is 5.01. The number of nitrogens with zero attached hydrogens (tertiary/aromatic N) is 1. The van der Waals surface area contributed by atoms with Crippen molar-refractivity contribution in [3.63, 3.8) is 0 Å². The molecule has 1 fully saturated rings. The predicted molar refractivity (Wildman–Crippen MR) is 73.2 cm³/mol. The highest BCUT2D eigenvalue weighted by molar-refractivity contribution is 5.70. The minimum atomic E-state index is -0.695. The molecule has 0 bridgehead atoms. The molecule has 0 spiro atoms. The van der Waals surface area contributed by atoms with Gasteiger partial charge in [-0.3, -0.25) is 4.79 Å². The molecule has 0 aromatic heterocycles. The van der Waals surface area contributed by atoms with Crippen molar-refractivity contribution >= 4 is 11.7 Å². The number of aryl methyl sites for hydroxylation is 1. The van der Waals surface area contributed by atoms with Crippen LogP contribution in [0.25, 0.3) is 0 Å². The van der Waals surface area contributed by atoms with E-state index in [9.17, 15) is 4.79 Å². The summed E-state index contributed by atoms with van der Waals surface area (Å²) in [4.78, 5) is 13.2. The normalized spacial score (nSPS) is 16.4. The maximum absolute atomic E-state index is 11.1. The lowest BCUT2D eigenvalue weighted by atomic mass is 9.86. The summed E-state index contributed by atoms with van der Waals surface area (Å²) >= 11 is 0. The van der Waals surface area contributed by atoms with Crippen LogP contribution in [0, 0.1) is 12.8 Å². The van der Waals surface area contributed by atoms with Gasteiger partial charge in [-0.25, -0.2) is 0 Å². The Balaban J connectivity index is 2.42. The molecule has 98 valence electrons. The summed E-state index contributed by atoms with van der Waals surface area (Å²) in [6.07, 6.45) is 2.58. The van der Waals surface area contributed by atoms with Crippen molar-refractivity contribution in [3.8, 4) is 0 Å². The number of benzene rings is 1. The Morgan fingerprint density at radius 1 is 1.44 bits per heavy atom. The number of hydrogen-bond donors (Lipinski definition) is 1. The van der Waals surface area contributed by atoms with Crippen LogP contribution in [0.4, 0.5) is 5.69 Å². The molecule has 18 heavy (non-hydrogen) atoms. The lowest BCUT2D eigenvalue weighted by molar-refractivity contribution is -0.137. The van der Waals surface area contributed by atoms with Crippen molar-refractivity contribution in [3.05, 3.63) is 29.3 Å². The van der Waals surface area contributed by atoms with Crippen molar-refractivity contribution in [2.24, 2.45) is 5.92 Å². The summed E-state index contributed by atoms with van der Waals surface area (Å²) in [7, 11) is 4.03. The Kier molecular flexibility index (Phi) is 3.60. The van der Waals surface area contributed by atoms with E-state index in [1.165, 1.54) is 24.0 Å². The number of carboxylic acid groups (broad SMARTS) is 1. The molecule has 0 aliphatic heterocycles. The van der Waals surface area contributed by atoms with E-state index in [1.807, 2.05) is 20.2 Å². The van der Waals surface area contributed by atoms with Crippen LogP contribution in [0.3, 0.4) is 0 Å². The van der Waals surface area contributed by atoms with Gasteiger partial charge in [0.2, 0.25) is 0 Å². The molecule has 2 rings (SSSR count). The monoisotopic (exact) mass is 247 g/mol. The molecule has 1 aromatic rings. The summed E-state index contributed by atoms with van der Waals surface area (Å²) in [5.74, 6) is 0.0295. The molecule has 1 aliphatic rings. The van der Waals surface area contributed by atoms with Gasteiger partial charge in [-0.15, -0.1) is 0 Å². The first-order chi connectivity index (χ1) is 8.50. The first-order valence-corrected chi connectivity index (χ1v) is 6.49. The van der Waals surface area contributed by atoms with Gasteiger partial charge in [-0.1, -0.05) is 12.1 Å². The van der Waals surface area contributed by atoms with Crippen molar-refractivity contribution in [2.45, 2.75) is 32.1 Å². The average Bonchev–Trinajstić information content (AvgIpc) is 3.09. The van der Waals surface area contributed by atoms with Crippen LogP contribution in [0.2, 0.25) is 0 Å². The number of aliphatic carboxylic acids is 1. The summed E-state index contributed by atoms with van der Waals surface area (Å²) < 4.78 is 0. The SMILES string of the molecule is Cc1cccc(N(C)C)c1C(CC(=O)O)C1CC1. The Hall–Kier alpha value is -1.51. The second-order valence-electron chi connectivity index (χ2n) is 5.44. The van der Waals surface area contributed by atoms with Gasteiger partial charge in [0.1, 0.15) is 0 Å². The second-order valence-corrected chi connectivity index (χ2v) is 5.44. The quantitative estimate of drug-likeness (QED) is 0.869. The third-order valence-electron chi connectivity index (χ3n) is 3.74. The van der Waals surface area contributed by atoms with Crippen LogP contribution in [0.5, 0.6) is 0 Å². The Bertz CT molecular complexity index is 450. The number of rotatable bonds is 5. The zero-order valence-electron chi connectivity index (χ0n) is 11.3. The molecule has 1 aromatic carbocycles. The summed E-state index contributed by atoms with van der Waals surface area (Å²) in [6.45, 7) is 2.08. The van der Waals surface area contributed by atoms with Crippen LogP contribution in [-0.2, 0) is 4.79 Å². The molecular weight excluding hydrogens is 226 g/mol. The lowest BCUT2D eigenvalue weighted by Gasteiger charge is -2.25. The minimum Gasteiger partial charge on any atom is -0.481 e. The number of anilines is 1. The minimum absolute atomic E-state index is 0.168. The first-order valence-electron chi connectivity index (χ1n) is 6.49. The van der Waals surface area contributed by atoms with Crippen LogP contribution in [0.15, 0.2) is 18.2 Å². The fraction of sp³-hybridized carbons (Fsp3) is 0.533. The smallest absolute Gasteiger partial charge is 0.303 e. The standard InChI is InChI=1S/C15H21NO2/c1-10-5-4-6-13(16(2)3)15(10)12(9-14(17)18)11-7-8-11/h4-6,11-12H,7-9H2,1-3H3,(H,17,18). The summed E-state index contributed by atoms with van der Waals surface area (Å²) in [5, 5.41) is 9.13. The predicted octanol–water partition coefficient (Wildman–Crippen LogP) is 3.03. The van der Waals surface area contributed by atoms with Gasteiger partial charge in [0.05, 0.1) is 6.42 Å². The van der Waals surface area contributed by atoms with E-state index in [4.69, 9.17) is 5.11 Å². The highest BCUT2D eigenvalue weighted by atomic mass is 16.4. The third kappa shape index (κ3) is 2.66. The van der Waals surface area contributed by atoms with E-state index in [1.54, 1.807) is 0 Å². The van der Waals surface area contributed by atoms with Crippen LogP contribution < -0.4 is 4.90 Å². The van der Waals surface area contributed by atoms with Crippen molar-refractivity contribution in [1.29, 1.82) is 0 Å². The summed E-state index contributed by atoms with van der Waals surface area (Å²) in [6, 6.07) is 6.21. The molecule has 3 heteroatoms. The number of hydrogen-bond acceptors (Lipinski definition) is 2. The molecule has 1 N–H and O–H groups in total. The van der Waals surface area contributed by atoms with E-state index in [-0.39, 0.29) is 12.3 Å². The highest BCUT2D eigenvalue weighted by Crippen LogP contribution is 2.47. The van der Waals surface area contributed by atoms with E-state index >= 15 is 0 Å². The molecule has 0 saturated heterocycles. The fourth-order valence-corrected chi connectivity index (χ4v) is 2.73. The van der Waals surface area contributed by atoms with Gasteiger partial charge < -0.3 is 10.0 Å². The Morgan fingerprint density at radius 3 is 2.61 bits per heavy atom. The Labute approximate surface area is 108 Å². The molecule has 1 unspecified atom stereocenters. The number of carbonyl (C=O) groups is 1. The maximum Gasteiger partial charge on any atom is 0.303 e. The topological polar surface area (TPSA) is 40.5 Å². The molecule has 0 heterocycles. The molecule has 0 radical (unpaired) electrons. The average molecular weight is 247 g/mol. The van der Waals surface area contributed by atoms with Crippen molar-refractivity contribution in [2.75, 3.05) is 19.0 Å². The van der Waals surface area contributed by atoms with E-state index in [0.717, 1.165) is 5.69 Å². The summed E-state index contributed by atoms with van der Waals surface area (Å²) in [5.41, 5.74) is 3.60. The van der Waals surface area contributed by atoms with E-state index < -0.39 is 5.97 Å². The molecule has 1 saturated carbocycles. The number of carboxylic acids is 1. The van der Waals surface area contributed by atoms with Gasteiger partial charge in [-0.05, 0) is 48.8 Å². The van der Waals surface area contributed by atoms with E-state index in [0.29, 0.717) is 5.92 Å². The van der Waals surface area contributed by atoms with Crippen LogP contribution in [-0.4, -0.2) is 25.2 Å². The van der Waals surface area contributed by atoms with Crippen molar-refractivity contribution in [1.82, 2.24) is 0 Å². The Morgan fingerprint density at radius 2 is 2.11 bits per heavy atom. The largest absolute Gasteiger partial charge is 0.481 e. The third-order valence-corrected chi connectivity index (χ3v) is 3.74. The molecule has 1 aliphatic carbocycles. The van der Waals surface area contributed by atoms with Crippen molar-refractivity contribution < 1.29 is 9.90 Å². The van der Waals surface area contributed by atoms with Gasteiger partial charge >= 0.3 is 5.97 Å². The highest BCUT2D eigenvalue weighted by Gasteiger charge is 2.35. The van der Waals surface area contributed by atoms with Gasteiger partial charge in [0.25, 0.3) is 0 Å². The first kappa shape index (κ1) is 12.9. The van der Waals surface area contributed by atoms with Crippen LogP contribution in [0.1, 0.15) is 36.3 Å². The van der Waals surface area contributed by atoms with Gasteiger partial charge in [0, 0.05) is 19.8 Å². The fourth-order valence-electron chi connectivity index (χ4n) is 2.73. The molecular formula is C15H21NO2. The molecule has 1 atom stereocenters. The molecule has 3 nitrogen and oxygen atoms in total. The lowest BCUT2D eigenvalue weighted by Crippen LogP contribution is -2.17. The zero-order chi connectivity index (χ0) is 13.3.